The van der Waals surface area contributed by atoms with Crippen molar-refractivity contribution >= 4 is 22.9 Å². The van der Waals surface area contributed by atoms with Gasteiger partial charge in [0.25, 0.3) is 0 Å². The van der Waals surface area contributed by atoms with Crippen LogP contribution in [-0.2, 0) is 6.54 Å². The van der Waals surface area contributed by atoms with Crippen molar-refractivity contribution < 1.29 is 0 Å². The molecule has 0 aliphatic carbocycles. The zero-order valence-electron chi connectivity index (χ0n) is 9.74. The molecule has 4 rings (SSSR count). The maximum absolute atomic E-state index is 4.61. The second-order valence-electron chi connectivity index (χ2n) is 4.43. The summed E-state index contributed by atoms with van der Waals surface area (Å²) in [4.78, 5) is 9.12. The molecule has 18 heavy (non-hydrogen) atoms. The van der Waals surface area contributed by atoms with Gasteiger partial charge in [-0.15, -0.1) is 0 Å². The molecule has 2 aromatic carbocycles. The van der Waals surface area contributed by atoms with Gasteiger partial charge < -0.3 is 4.57 Å². The highest BCUT2D eigenvalue weighted by Gasteiger charge is 2.13. The van der Waals surface area contributed by atoms with Crippen LogP contribution in [0.5, 0.6) is 0 Å². The first kappa shape index (κ1) is 9.59. The molecule has 2 heterocycles. The Labute approximate surface area is 104 Å². The van der Waals surface area contributed by atoms with Crippen molar-refractivity contribution in [3.8, 4) is 0 Å². The van der Waals surface area contributed by atoms with Crippen molar-refractivity contribution in [2.75, 3.05) is 0 Å². The smallest absolute Gasteiger partial charge is 0.152 e. The predicted octanol–water partition coefficient (Wildman–Crippen LogP) is 3.15. The topological polar surface area (TPSA) is 30.2 Å². The summed E-state index contributed by atoms with van der Waals surface area (Å²) in [5.41, 5.74) is 4.46. The van der Waals surface area contributed by atoms with Crippen LogP contribution in [0, 0.1) is 0 Å². The second-order valence-corrected chi connectivity index (χ2v) is 4.43. The Hall–Kier alpha value is -2.42. The Balaban J connectivity index is 2.01. The van der Waals surface area contributed by atoms with Crippen molar-refractivity contribution in [1.82, 2.24) is 9.55 Å². The third-order valence-electron chi connectivity index (χ3n) is 3.32. The standard InChI is InChI=1S/C15H11N3/c1-2-6-12-11(5-1)10-18-14-8-4-3-7-13(14)17-15(18)9-16-12/h1-9H,10H2. The van der Waals surface area contributed by atoms with Gasteiger partial charge in [0.05, 0.1) is 29.5 Å². The molecule has 86 valence electrons. The van der Waals surface area contributed by atoms with Gasteiger partial charge >= 0.3 is 0 Å². The Morgan fingerprint density at radius 3 is 2.78 bits per heavy atom. The summed E-state index contributed by atoms with van der Waals surface area (Å²) in [6, 6.07) is 16.4. The number of aliphatic imine (C=N–C) groups is 1. The Bertz CT molecular complexity index is 768. The fourth-order valence-corrected chi connectivity index (χ4v) is 2.43. The van der Waals surface area contributed by atoms with Gasteiger partial charge in [-0.05, 0) is 23.8 Å². The van der Waals surface area contributed by atoms with Crippen molar-refractivity contribution in [2.24, 2.45) is 4.99 Å². The molecule has 3 nitrogen and oxygen atoms in total. The van der Waals surface area contributed by atoms with E-state index in [0.717, 1.165) is 29.1 Å². The summed E-state index contributed by atoms with van der Waals surface area (Å²) in [6.07, 6.45) is 1.85. The number of rotatable bonds is 0. The third kappa shape index (κ3) is 1.31. The van der Waals surface area contributed by atoms with E-state index in [2.05, 4.69) is 32.7 Å². The summed E-state index contributed by atoms with van der Waals surface area (Å²) >= 11 is 0. The second kappa shape index (κ2) is 3.53. The number of hydrogen-bond acceptors (Lipinski definition) is 2. The van der Waals surface area contributed by atoms with Crippen LogP contribution in [0.15, 0.2) is 53.5 Å². The molecule has 0 saturated carbocycles. The van der Waals surface area contributed by atoms with Crippen molar-refractivity contribution in [1.29, 1.82) is 0 Å². The van der Waals surface area contributed by atoms with E-state index in [-0.39, 0.29) is 0 Å². The molecule has 3 aromatic rings. The van der Waals surface area contributed by atoms with Crippen LogP contribution in [0.4, 0.5) is 5.69 Å². The number of fused-ring (bicyclic) bond motifs is 4. The predicted molar refractivity (Wildman–Crippen MR) is 72.5 cm³/mol. The van der Waals surface area contributed by atoms with Gasteiger partial charge in [0.2, 0.25) is 0 Å². The normalized spacial score (nSPS) is 13.1. The number of hydrogen-bond donors (Lipinski definition) is 0. The molecule has 0 radical (unpaired) electrons. The van der Waals surface area contributed by atoms with E-state index in [9.17, 15) is 0 Å². The molecule has 0 amide bonds. The maximum Gasteiger partial charge on any atom is 0.152 e. The van der Waals surface area contributed by atoms with Gasteiger partial charge in [0.15, 0.2) is 5.82 Å². The van der Waals surface area contributed by atoms with E-state index in [0.29, 0.717) is 0 Å². The molecule has 1 aliphatic heterocycles. The van der Waals surface area contributed by atoms with Gasteiger partial charge in [-0.25, -0.2) is 4.98 Å². The van der Waals surface area contributed by atoms with Crippen LogP contribution in [0.25, 0.3) is 11.0 Å². The molecule has 0 saturated heterocycles. The Kier molecular flexibility index (Phi) is 1.88. The minimum atomic E-state index is 0.825. The SMILES string of the molecule is C1=Nc2ccccc2Cn2c1nc1ccccc12. The summed E-state index contributed by atoms with van der Waals surface area (Å²) in [5, 5.41) is 0. The lowest BCUT2D eigenvalue weighted by Gasteiger charge is -2.06. The average Bonchev–Trinajstić information content (AvgIpc) is 2.65. The van der Waals surface area contributed by atoms with Crippen LogP contribution >= 0.6 is 0 Å². The van der Waals surface area contributed by atoms with E-state index in [4.69, 9.17) is 0 Å². The first-order chi connectivity index (χ1) is 8.92. The van der Waals surface area contributed by atoms with E-state index < -0.39 is 0 Å². The third-order valence-corrected chi connectivity index (χ3v) is 3.32. The summed E-state index contributed by atoms with van der Waals surface area (Å²) in [6.45, 7) is 0.825. The largest absolute Gasteiger partial charge is 0.319 e. The number of imidazole rings is 1. The van der Waals surface area contributed by atoms with Gasteiger partial charge in [-0.1, -0.05) is 30.3 Å². The van der Waals surface area contributed by atoms with E-state index in [1.165, 1.54) is 5.56 Å². The fourth-order valence-electron chi connectivity index (χ4n) is 2.43. The molecular weight excluding hydrogens is 222 g/mol. The number of benzene rings is 2. The highest BCUT2D eigenvalue weighted by molar-refractivity contribution is 5.87. The van der Waals surface area contributed by atoms with Gasteiger partial charge in [0, 0.05) is 0 Å². The molecule has 1 aliphatic rings. The van der Waals surface area contributed by atoms with Gasteiger partial charge in [0.1, 0.15) is 0 Å². The lowest BCUT2D eigenvalue weighted by molar-refractivity contribution is 0.823. The molecule has 3 heteroatoms. The highest BCUT2D eigenvalue weighted by Crippen LogP contribution is 2.25. The number of para-hydroxylation sites is 3. The molecule has 0 bridgehead atoms. The number of nitrogens with zero attached hydrogens (tertiary/aromatic N) is 3. The van der Waals surface area contributed by atoms with Crippen molar-refractivity contribution in [2.45, 2.75) is 6.54 Å². The van der Waals surface area contributed by atoms with Crippen LogP contribution in [0.2, 0.25) is 0 Å². The van der Waals surface area contributed by atoms with Crippen LogP contribution < -0.4 is 0 Å². The number of aromatic nitrogens is 2. The Morgan fingerprint density at radius 2 is 1.78 bits per heavy atom. The maximum atomic E-state index is 4.61. The molecule has 0 unspecified atom stereocenters. The Morgan fingerprint density at radius 1 is 0.944 bits per heavy atom. The van der Waals surface area contributed by atoms with Crippen LogP contribution in [-0.4, -0.2) is 15.8 Å². The fraction of sp³-hybridized carbons (Fsp3) is 0.0667. The quantitative estimate of drug-likeness (QED) is 0.459. The molecule has 0 spiro atoms. The van der Waals surface area contributed by atoms with E-state index in [1.54, 1.807) is 0 Å². The molecule has 0 N–H and O–H groups in total. The van der Waals surface area contributed by atoms with E-state index >= 15 is 0 Å². The first-order valence-electron chi connectivity index (χ1n) is 5.99. The van der Waals surface area contributed by atoms with Crippen LogP contribution in [0.3, 0.4) is 0 Å². The summed E-state index contributed by atoms with van der Waals surface area (Å²) in [5.74, 6) is 0.924. The van der Waals surface area contributed by atoms with Crippen LogP contribution in [0.1, 0.15) is 11.4 Å². The monoisotopic (exact) mass is 233 g/mol. The highest BCUT2D eigenvalue weighted by atomic mass is 15.1. The molecule has 0 atom stereocenters. The minimum absolute atomic E-state index is 0.825. The molecular formula is C15H11N3. The van der Waals surface area contributed by atoms with Crippen molar-refractivity contribution in [3.05, 3.63) is 59.9 Å². The lowest BCUT2D eigenvalue weighted by atomic mass is 10.2. The molecule has 1 aromatic heterocycles. The first-order valence-corrected chi connectivity index (χ1v) is 5.99. The summed E-state index contributed by atoms with van der Waals surface area (Å²) < 4.78 is 2.21. The zero-order chi connectivity index (χ0) is 11.9. The zero-order valence-corrected chi connectivity index (χ0v) is 9.74. The average molecular weight is 233 g/mol. The van der Waals surface area contributed by atoms with Gasteiger partial charge in [-0.2, -0.15) is 0 Å². The van der Waals surface area contributed by atoms with Gasteiger partial charge in [-0.3, -0.25) is 4.99 Å². The molecule has 0 fully saturated rings. The van der Waals surface area contributed by atoms with Crippen molar-refractivity contribution in [3.63, 3.8) is 0 Å². The lowest BCUT2D eigenvalue weighted by Crippen LogP contribution is -2.02. The summed E-state index contributed by atoms with van der Waals surface area (Å²) in [7, 11) is 0. The minimum Gasteiger partial charge on any atom is -0.319 e. The van der Waals surface area contributed by atoms with E-state index in [1.807, 2.05) is 36.5 Å².